The van der Waals surface area contributed by atoms with E-state index in [1.165, 1.54) is 5.56 Å². The van der Waals surface area contributed by atoms with Crippen LogP contribution < -0.4 is 10.6 Å². The summed E-state index contributed by atoms with van der Waals surface area (Å²) >= 11 is 0. The summed E-state index contributed by atoms with van der Waals surface area (Å²) in [5.41, 5.74) is 1.78. The molecule has 1 atom stereocenters. The minimum Gasteiger partial charge on any atom is -0.379 e. The van der Waals surface area contributed by atoms with Crippen LogP contribution in [0, 0.1) is 5.92 Å². The second kappa shape index (κ2) is 10.0. The van der Waals surface area contributed by atoms with Gasteiger partial charge < -0.3 is 15.4 Å². The van der Waals surface area contributed by atoms with E-state index < -0.39 is 6.04 Å². The highest BCUT2D eigenvalue weighted by molar-refractivity contribution is 5.97. The Balaban J connectivity index is 1.89. The molecule has 1 aliphatic rings. The van der Waals surface area contributed by atoms with Crippen LogP contribution in [0.15, 0.2) is 24.3 Å². The first kappa shape index (κ1) is 22.4. The van der Waals surface area contributed by atoms with Gasteiger partial charge in [0.15, 0.2) is 0 Å². The topological polar surface area (TPSA) is 70.7 Å². The molecule has 2 amide bonds. The van der Waals surface area contributed by atoms with E-state index >= 15 is 0 Å². The predicted octanol–water partition coefficient (Wildman–Crippen LogP) is 2.19. The summed E-state index contributed by atoms with van der Waals surface area (Å²) in [7, 11) is 0. The van der Waals surface area contributed by atoms with E-state index in [0.29, 0.717) is 12.1 Å². The fourth-order valence-electron chi connectivity index (χ4n) is 3.15. The Morgan fingerprint density at radius 2 is 1.71 bits per heavy atom. The van der Waals surface area contributed by atoms with Crippen LogP contribution in [-0.2, 0) is 14.9 Å². The van der Waals surface area contributed by atoms with E-state index in [0.717, 1.165) is 32.8 Å². The molecule has 0 aliphatic carbocycles. The van der Waals surface area contributed by atoms with Crippen molar-refractivity contribution < 1.29 is 14.3 Å². The molecule has 6 heteroatoms. The number of hydrogen-bond donors (Lipinski definition) is 2. The Labute approximate surface area is 169 Å². The third kappa shape index (κ3) is 6.60. The summed E-state index contributed by atoms with van der Waals surface area (Å²) in [5, 5.41) is 5.86. The second-order valence-electron chi connectivity index (χ2n) is 8.77. The largest absolute Gasteiger partial charge is 0.379 e. The maximum Gasteiger partial charge on any atom is 0.251 e. The number of nitrogens with one attached hydrogen (secondary N) is 2. The molecule has 0 saturated carbocycles. The molecule has 0 spiro atoms. The van der Waals surface area contributed by atoms with Crippen LogP contribution in [0.5, 0.6) is 0 Å². The van der Waals surface area contributed by atoms with Crippen molar-refractivity contribution in [1.82, 2.24) is 15.5 Å². The highest BCUT2D eigenvalue weighted by Crippen LogP contribution is 2.22. The number of benzene rings is 1. The zero-order chi connectivity index (χ0) is 20.7. The number of nitrogens with zero attached hydrogens (tertiary/aromatic N) is 1. The van der Waals surface area contributed by atoms with Crippen LogP contribution in [0.2, 0.25) is 0 Å². The molecule has 28 heavy (non-hydrogen) atoms. The monoisotopic (exact) mass is 389 g/mol. The molecule has 1 saturated heterocycles. The third-order valence-corrected chi connectivity index (χ3v) is 5.08. The first-order valence-corrected chi connectivity index (χ1v) is 10.2. The Kier molecular flexibility index (Phi) is 8.01. The number of ether oxygens (including phenoxy) is 1. The lowest BCUT2D eigenvalue weighted by Gasteiger charge is -2.27. The molecular weight excluding hydrogens is 354 g/mol. The minimum atomic E-state index is -0.556. The quantitative estimate of drug-likeness (QED) is 0.750. The van der Waals surface area contributed by atoms with Gasteiger partial charge in [0.2, 0.25) is 5.91 Å². The molecule has 1 aliphatic heterocycles. The normalized spacial score (nSPS) is 16.6. The van der Waals surface area contributed by atoms with Crippen LogP contribution in [0.1, 0.15) is 50.5 Å². The van der Waals surface area contributed by atoms with Crippen molar-refractivity contribution in [2.45, 2.75) is 46.1 Å². The van der Waals surface area contributed by atoms with Crippen LogP contribution in [0.4, 0.5) is 0 Å². The molecule has 0 radical (unpaired) electrons. The maximum absolute atomic E-state index is 12.6. The van der Waals surface area contributed by atoms with Crippen molar-refractivity contribution in [3.05, 3.63) is 35.4 Å². The van der Waals surface area contributed by atoms with E-state index in [9.17, 15) is 9.59 Å². The van der Waals surface area contributed by atoms with Gasteiger partial charge in [-0.2, -0.15) is 0 Å². The summed E-state index contributed by atoms with van der Waals surface area (Å²) in [5.74, 6) is -0.355. The Bertz CT molecular complexity index is 644. The highest BCUT2D eigenvalue weighted by Gasteiger charge is 2.25. The summed E-state index contributed by atoms with van der Waals surface area (Å²) in [6.45, 7) is 14.9. The highest BCUT2D eigenvalue weighted by atomic mass is 16.5. The van der Waals surface area contributed by atoms with Gasteiger partial charge in [-0.1, -0.05) is 46.8 Å². The fourth-order valence-corrected chi connectivity index (χ4v) is 3.15. The summed E-state index contributed by atoms with van der Waals surface area (Å²) in [4.78, 5) is 27.5. The number of morpholine rings is 1. The molecule has 2 rings (SSSR count). The van der Waals surface area contributed by atoms with Crippen molar-refractivity contribution in [3.63, 3.8) is 0 Å². The first-order chi connectivity index (χ1) is 13.2. The van der Waals surface area contributed by atoms with Crippen molar-refractivity contribution in [2.75, 3.05) is 39.4 Å². The SMILES string of the molecule is CC(C)C(NC(=O)c1ccc(C(C)(C)C)cc1)C(=O)NCCN1CCOCC1. The lowest BCUT2D eigenvalue weighted by molar-refractivity contribution is -0.124. The van der Waals surface area contributed by atoms with Gasteiger partial charge in [0.05, 0.1) is 13.2 Å². The molecule has 1 aromatic rings. The summed E-state index contributed by atoms with van der Waals surface area (Å²) < 4.78 is 5.33. The Hall–Kier alpha value is -1.92. The van der Waals surface area contributed by atoms with Gasteiger partial charge in [0.25, 0.3) is 5.91 Å². The van der Waals surface area contributed by atoms with Gasteiger partial charge in [-0.25, -0.2) is 0 Å². The van der Waals surface area contributed by atoms with Crippen molar-refractivity contribution in [3.8, 4) is 0 Å². The molecule has 2 N–H and O–H groups in total. The van der Waals surface area contributed by atoms with Gasteiger partial charge in [-0.3, -0.25) is 14.5 Å². The average Bonchev–Trinajstić information content (AvgIpc) is 2.65. The average molecular weight is 390 g/mol. The molecule has 1 unspecified atom stereocenters. The van der Waals surface area contributed by atoms with E-state index in [1.807, 2.05) is 38.1 Å². The lowest BCUT2D eigenvalue weighted by atomic mass is 9.86. The molecular formula is C22H35N3O3. The van der Waals surface area contributed by atoms with Gasteiger partial charge >= 0.3 is 0 Å². The Morgan fingerprint density at radius 3 is 2.25 bits per heavy atom. The number of hydrogen-bond acceptors (Lipinski definition) is 4. The van der Waals surface area contributed by atoms with Crippen molar-refractivity contribution in [2.24, 2.45) is 5.92 Å². The zero-order valence-electron chi connectivity index (χ0n) is 17.9. The van der Waals surface area contributed by atoms with Crippen molar-refractivity contribution >= 4 is 11.8 Å². The second-order valence-corrected chi connectivity index (χ2v) is 8.77. The van der Waals surface area contributed by atoms with E-state index in [4.69, 9.17) is 4.74 Å². The molecule has 0 bridgehead atoms. The summed E-state index contributed by atoms with van der Waals surface area (Å²) in [6.07, 6.45) is 0. The number of rotatable bonds is 7. The molecule has 6 nitrogen and oxygen atoms in total. The Morgan fingerprint density at radius 1 is 1.11 bits per heavy atom. The smallest absolute Gasteiger partial charge is 0.251 e. The van der Waals surface area contributed by atoms with Crippen LogP contribution >= 0.6 is 0 Å². The molecule has 1 fully saturated rings. The van der Waals surface area contributed by atoms with Gasteiger partial charge in [0.1, 0.15) is 6.04 Å². The zero-order valence-corrected chi connectivity index (χ0v) is 17.9. The predicted molar refractivity (Wildman–Crippen MR) is 112 cm³/mol. The minimum absolute atomic E-state index is 0.00110. The fraction of sp³-hybridized carbons (Fsp3) is 0.636. The van der Waals surface area contributed by atoms with E-state index in [2.05, 4.69) is 36.3 Å². The number of carbonyl (C=O) groups excluding carboxylic acids is 2. The van der Waals surface area contributed by atoms with E-state index in [-0.39, 0.29) is 23.1 Å². The standard InChI is InChI=1S/C22H35N3O3/c1-16(2)19(21(27)23-10-11-25-12-14-28-15-13-25)24-20(26)17-6-8-18(9-7-17)22(3,4)5/h6-9,16,19H,10-15H2,1-5H3,(H,23,27)(H,24,26). The summed E-state index contributed by atoms with van der Waals surface area (Å²) in [6, 6.07) is 7.04. The molecule has 1 aromatic carbocycles. The van der Waals surface area contributed by atoms with Gasteiger partial charge in [-0.05, 0) is 29.0 Å². The van der Waals surface area contributed by atoms with Gasteiger partial charge in [-0.15, -0.1) is 0 Å². The van der Waals surface area contributed by atoms with Crippen molar-refractivity contribution in [1.29, 1.82) is 0 Å². The first-order valence-electron chi connectivity index (χ1n) is 10.2. The lowest BCUT2D eigenvalue weighted by Crippen LogP contribution is -2.51. The molecule has 156 valence electrons. The molecule has 0 aromatic heterocycles. The number of amides is 2. The number of carbonyl (C=O) groups is 2. The molecule has 1 heterocycles. The van der Waals surface area contributed by atoms with Crippen LogP contribution in [0.3, 0.4) is 0 Å². The van der Waals surface area contributed by atoms with Crippen LogP contribution in [-0.4, -0.2) is 62.1 Å². The van der Waals surface area contributed by atoms with Crippen LogP contribution in [0.25, 0.3) is 0 Å². The maximum atomic E-state index is 12.6. The third-order valence-electron chi connectivity index (χ3n) is 5.08. The van der Waals surface area contributed by atoms with E-state index in [1.54, 1.807) is 0 Å². The van der Waals surface area contributed by atoms with Gasteiger partial charge in [0, 0.05) is 31.7 Å².